The second-order valence-electron chi connectivity index (χ2n) is 7.77. The van der Waals surface area contributed by atoms with E-state index in [1.807, 2.05) is 0 Å². The maximum absolute atomic E-state index is 14.9. The number of aromatic nitrogens is 2. The van der Waals surface area contributed by atoms with Crippen LogP contribution in [0.15, 0.2) is 18.3 Å². The fourth-order valence-electron chi connectivity index (χ4n) is 3.32. The van der Waals surface area contributed by atoms with Gasteiger partial charge in [0.1, 0.15) is 36.2 Å². The number of nitrogens with zero attached hydrogens (tertiary/aromatic N) is 3. The van der Waals surface area contributed by atoms with Crippen molar-refractivity contribution in [3.63, 3.8) is 0 Å². The van der Waals surface area contributed by atoms with Crippen LogP contribution in [0.1, 0.15) is 28.8 Å². The number of nitrogens with one attached hydrogen (secondary N) is 2. The number of amides is 1. The summed E-state index contributed by atoms with van der Waals surface area (Å²) in [5.41, 5.74) is -1.39. The number of hydrogen-bond acceptors (Lipinski definition) is 7. The summed E-state index contributed by atoms with van der Waals surface area (Å²) in [6.45, 7) is -0.0186. The van der Waals surface area contributed by atoms with Crippen molar-refractivity contribution < 1.29 is 36.2 Å². The van der Waals surface area contributed by atoms with Gasteiger partial charge in [-0.25, -0.2) is 13.8 Å². The molecule has 8 nitrogen and oxygen atoms in total. The zero-order chi connectivity index (χ0) is 24.3. The summed E-state index contributed by atoms with van der Waals surface area (Å²) in [7, 11) is 0. The second-order valence-corrected chi connectivity index (χ2v) is 7.77. The summed E-state index contributed by atoms with van der Waals surface area (Å²) in [4.78, 5) is 21.8. The minimum atomic E-state index is -4.67. The van der Waals surface area contributed by atoms with Crippen molar-refractivity contribution in [2.24, 2.45) is 0 Å². The predicted octanol–water partition coefficient (Wildman–Crippen LogP) is 3.77. The van der Waals surface area contributed by atoms with Crippen molar-refractivity contribution in [2.75, 3.05) is 50.2 Å². The number of halogens is 5. The average Bonchev–Trinajstić information content (AvgIpc) is 3.62. The molecule has 0 bridgehead atoms. The molecule has 0 atom stereocenters. The highest BCUT2D eigenvalue weighted by atomic mass is 19.4. The monoisotopic (exact) mass is 487 g/mol. The molecule has 2 aromatic rings. The van der Waals surface area contributed by atoms with Crippen molar-refractivity contribution in [1.82, 2.24) is 14.9 Å². The Morgan fingerprint density at radius 1 is 1.24 bits per heavy atom. The van der Waals surface area contributed by atoms with Gasteiger partial charge in [-0.05, 0) is 18.9 Å². The van der Waals surface area contributed by atoms with Gasteiger partial charge >= 0.3 is 6.18 Å². The lowest BCUT2D eigenvalue weighted by Gasteiger charge is -2.27. The first-order chi connectivity index (χ1) is 16.3. The molecule has 34 heavy (non-hydrogen) atoms. The lowest BCUT2D eigenvalue weighted by Crippen LogP contribution is -2.41. The number of benzene rings is 1. The van der Waals surface area contributed by atoms with Crippen molar-refractivity contribution in [1.29, 1.82) is 0 Å². The van der Waals surface area contributed by atoms with Crippen LogP contribution in [0.25, 0.3) is 0 Å². The fourth-order valence-corrected chi connectivity index (χ4v) is 3.32. The molecule has 13 heteroatoms. The van der Waals surface area contributed by atoms with E-state index in [2.05, 4.69) is 20.6 Å². The normalized spacial score (nSPS) is 16.3. The first-order valence-electron chi connectivity index (χ1n) is 10.6. The van der Waals surface area contributed by atoms with Crippen LogP contribution in [0.2, 0.25) is 0 Å². The molecule has 0 unspecified atom stereocenters. The molecule has 0 spiro atoms. The van der Waals surface area contributed by atoms with Crippen LogP contribution in [-0.2, 0) is 10.9 Å². The van der Waals surface area contributed by atoms with E-state index in [9.17, 15) is 26.7 Å². The van der Waals surface area contributed by atoms with Crippen molar-refractivity contribution in [2.45, 2.75) is 25.1 Å². The lowest BCUT2D eigenvalue weighted by atomic mass is 10.1. The molecule has 0 radical (unpaired) electrons. The van der Waals surface area contributed by atoms with Gasteiger partial charge < -0.3 is 25.0 Å². The van der Waals surface area contributed by atoms with Gasteiger partial charge in [0, 0.05) is 31.4 Å². The van der Waals surface area contributed by atoms with Gasteiger partial charge in [-0.1, -0.05) is 0 Å². The third kappa shape index (κ3) is 5.64. The topological polar surface area (TPSA) is 88.6 Å². The molecule has 184 valence electrons. The molecular formula is C21H22F5N5O3. The van der Waals surface area contributed by atoms with Crippen LogP contribution in [0.5, 0.6) is 5.75 Å². The number of anilines is 3. The number of carbonyl (C=O) groups excluding carboxylic acids is 1. The Balaban J connectivity index is 1.64. The molecule has 2 fully saturated rings. The average molecular weight is 487 g/mol. The number of hydrogen-bond donors (Lipinski definition) is 2. The zero-order valence-corrected chi connectivity index (χ0v) is 17.9. The molecule has 1 saturated heterocycles. The fraction of sp³-hybridized carbons (Fsp3) is 0.476. The molecule has 1 amide bonds. The predicted molar refractivity (Wildman–Crippen MR) is 112 cm³/mol. The smallest absolute Gasteiger partial charge is 0.421 e. The van der Waals surface area contributed by atoms with Crippen LogP contribution >= 0.6 is 0 Å². The Bertz CT molecular complexity index is 1040. The highest BCUT2D eigenvalue weighted by molar-refractivity contribution is 5.96. The first kappa shape index (κ1) is 23.9. The Morgan fingerprint density at radius 3 is 2.62 bits per heavy atom. The maximum atomic E-state index is 14.9. The zero-order valence-electron chi connectivity index (χ0n) is 17.9. The van der Waals surface area contributed by atoms with Crippen LogP contribution < -0.4 is 15.4 Å². The first-order valence-corrected chi connectivity index (χ1v) is 10.6. The van der Waals surface area contributed by atoms with Crippen LogP contribution in [0, 0.1) is 5.82 Å². The van der Waals surface area contributed by atoms with Gasteiger partial charge in [-0.3, -0.25) is 4.79 Å². The van der Waals surface area contributed by atoms with Gasteiger partial charge in [0.2, 0.25) is 5.95 Å². The molecule has 1 aromatic heterocycles. The van der Waals surface area contributed by atoms with Gasteiger partial charge in [0.25, 0.3) is 5.91 Å². The maximum Gasteiger partial charge on any atom is 0.421 e. The molecule has 4 rings (SSSR count). The van der Waals surface area contributed by atoms with Crippen molar-refractivity contribution in [3.8, 4) is 5.75 Å². The SMILES string of the molecule is O=C(c1cc(OCCF)c(Nc2ncc(C(F)(F)F)c(NC3CC3)n2)cc1F)N1CCOCC1. The molecule has 2 heterocycles. The standard InChI is InChI=1S/C21H22F5N5O3/c22-3-6-34-17-9-13(19(32)31-4-7-33-8-5-31)15(23)10-16(17)29-20-27-11-14(21(24,25)26)18(30-20)28-12-1-2-12/h9-12H,1-8H2,(H2,27,28,29,30). The highest BCUT2D eigenvalue weighted by Crippen LogP contribution is 2.37. The third-order valence-electron chi connectivity index (χ3n) is 5.19. The summed E-state index contributed by atoms with van der Waals surface area (Å²) in [6.07, 6.45) is -2.61. The quantitative estimate of drug-likeness (QED) is 0.548. The summed E-state index contributed by atoms with van der Waals surface area (Å²) >= 11 is 0. The van der Waals surface area contributed by atoms with Gasteiger partial charge in [0.15, 0.2) is 0 Å². The lowest BCUT2D eigenvalue weighted by molar-refractivity contribution is -0.137. The highest BCUT2D eigenvalue weighted by Gasteiger charge is 2.37. The minimum Gasteiger partial charge on any atom is -0.489 e. The number of alkyl halides is 4. The molecule has 1 aromatic carbocycles. The molecule has 2 aliphatic rings. The van der Waals surface area contributed by atoms with E-state index >= 15 is 0 Å². The van der Waals surface area contributed by atoms with E-state index in [0.29, 0.717) is 19.4 Å². The van der Waals surface area contributed by atoms with Crippen LogP contribution in [0.4, 0.5) is 39.4 Å². The molecule has 1 saturated carbocycles. The third-order valence-corrected chi connectivity index (χ3v) is 5.19. The van der Waals surface area contributed by atoms with E-state index in [1.54, 1.807) is 0 Å². The minimum absolute atomic E-state index is 0.0680. The Labute approximate surface area is 191 Å². The van der Waals surface area contributed by atoms with E-state index in [0.717, 1.165) is 25.0 Å². The Hall–Kier alpha value is -3.22. The largest absolute Gasteiger partial charge is 0.489 e. The molecule has 1 aliphatic carbocycles. The van der Waals surface area contributed by atoms with Crippen LogP contribution in [-0.4, -0.2) is 66.4 Å². The number of ether oxygens (including phenoxy) is 2. The van der Waals surface area contributed by atoms with Gasteiger partial charge in [0.05, 0.1) is 24.5 Å². The molecular weight excluding hydrogens is 465 g/mol. The van der Waals surface area contributed by atoms with E-state index in [1.165, 1.54) is 4.90 Å². The number of morpholine rings is 1. The van der Waals surface area contributed by atoms with E-state index in [4.69, 9.17) is 9.47 Å². The van der Waals surface area contributed by atoms with E-state index < -0.39 is 36.0 Å². The Kier molecular flexibility index (Phi) is 7.00. The summed E-state index contributed by atoms with van der Waals surface area (Å²) < 4.78 is 78.1. The van der Waals surface area contributed by atoms with Gasteiger partial charge in [-0.15, -0.1) is 0 Å². The summed E-state index contributed by atoms with van der Waals surface area (Å²) in [6, 6.07) is 1.95. The van der Waals surface area contributed by atoms with Crippen molar-refractivity contribution >= 4 is 23.4 Å². The van der Waals surface area contributed by atoms with Crippen LogP contribution in [0.3, 0.4) is 0 Å². The molecule has 1 aliphatic heterocycles. The van der Waals surface area contributed by atoms with E-state index in [-0.39, 0.29) is 48.7 Å². The number of rotatable bonds is 8. The second kappa shape index (κ2) is 9.95. The Morgan fingerprint density at radius 2 is 1.97 bits per heavy atom. The molecule has 2 N–H and O–H groups in total. The van der Waals surface area contributed by atoms with Crippen molar-refractivity contribution in [3.05, 3.63) is 35.3 Å². The number of carbonyl (C=O) groups is 1. The van der Waals surface area contributed by atoms with Gasteiger partial charge in [-0.2, -0.15) is 18.2 Å². The summed E-state index contributed by atoms with van der Waals surface area (Å²) in [5, 5.41) is 5.33. The summed E-state index contributed by atoms with van der Waals surface area (Å²) in [5.74, 6) is -2.21.